The van der Waals surface area contributed by atoms with Crippen molar-refractivity contribution in [3.8, 4) is 0 Å². The molecule has 0 saturated heterocycles. The molecule has 0 aromatic heterocycles. The zero-order valence-electron chi connectivity index (χ0n) is 11.3. The summed E-state index contributed by atoms with van der Waals surface area (Å²) in [5.74, 6) is 0.169. The second-order valence-electron chi connectivity index (χ2n) is 5.00. The van der Waals surface area contributed by atoms with Gasteiger partial charge in [-0.2, -0.15) is 0 Å². The number of nitrogen functional groups attached to an aromatic ring is 1. The summed E-state index contributed by atoms with van der Waals surface area (Å²) >= 11 is 0. The number of benzene rings is 1. The Morgan fingerprint density at radius 3 is 2.84 bits per heavy atom. The molecule has 0 radical (unpaired) electrons. The number of carbonyl (C=O) groups excluding carboxylic acids is 2. The number of nitrogens with zero attached hydrogens (tertiary/aromatic N) is 2. The summed E-state index contributed by atoms with van der Waals surface area (Å²) in [4.78, 5) is 26.8. The van der Waals surface area contributed by atoms with Gasteiger partial charge in [-0.3, -0.25) is 9.59 Å². The smallest absolute Gasteiger partial charge is 0.231 e. The minimum Gasteiger partial charge on any atom is -0.399 e. The summed E-state index contributed by atoms with van der Waals surface area (Å²) < 4.78 is 0. The molecule has 1 aromatic rings. The minimum absolute atomic E-state index is 0.0814. The number of hydrogen-bond acceptors (Lipinski definition) is 3. The minimum atomic E-state index is 0.0814. The molecule has 0 spiro atoms. The van der Waals surface area contributed by atoms with Crippen LogP contribution in [0.4, 0.5) is 11.4 Å². The molecule has 2 rings (SSSR count). The Kier molecular flexibility index (Phi) is 3.74. The van der Waals surface area contributed by atoms with Crippen molar-refractivity contribution in [2.75, 3.05) is 31.3 Å². The van der Waals surface area contributed by atoms with Gasteiger partial charge in [-0.15, -0.1) is 0 Å². The van der Waals surface area contributed by atoms with Crippen molar-refractivity contribution in [2.45, 2.75) is 19.3 Å². The second kappa shape index (κ2) is 5.30. The van der Waals surface area contributed by atoms with Crippen molar-refractivity contribution in [3.63, 3.8) is 0 Å². The van der Waals surface area contributed by atoms with Crippen LogP contribution in [-0.2, 0) is 16.0 Å². The van der Waals surface area contributed by atoms with E-state index in [0.717, 1.165) is 11.3 Å². The van der Waals surface area contributed by atoms with Gasteiger partial charge in [0.05, 0.1) is 6.42 Å². The quantitative estimate of drug-likeness (QED) is 0.823. The monoisotopic (exact) mass is 261 g/mol. The average Bonchev–Trinajstić information content (AvgIpc) is 2.64. The first-order valence-corrected chi connectivity index (χ1v) is 6.38. The van der Waals surface area contributed by atoms with Gasteiger partial charge in [-0.25, -0.2) is 0 Å². The van der Waals surface area contributed by atoms with E-state index < -0.39 is 0 Å². The number of amides is 2. The van der Waals surface area contributed by atoms with Crippen LogP contribution in [0, 0.1) is 0 Å². The number of nitrogens with two attached hydrogens (primary N) is 1. The molecule has 5 nitrogen and oxygen atoms in total. The highest BCUT2D eigenvalue weighted by Gasteiger charge is 2.26. The number of rotatable bonds is 4. The predicted octanol–water partition coefficient (Wildman–Crippen LogP) is 1.03. The Balaban J connectivity index is 1.99. The molecule has 5 heteroatoms. The maximum atomic E-state index is 11.9. The maximum absolute atomic E-state index is 11.9. The van der Waals surface area contributed by atoms with E-state index in [1.807, 2.05) is 12.1 Å². The molecule has 1 heterocycles. The van der Waals surface area contributed by atoms with Crippen molar-refractivity contribution in [3.05, 3.63) is 23.8 Å². The third-order valence-corrected chi connectivity index (χ3v) is 3.31. The number of anilines is 2. The van der Waals surface area contributed by atoms with Gasteiger partial charge in [0.15, 0.2) is 0 Å². The highest BCUT2D eigenvalue weighted by Crippen LogP contribution is 2.30. The van der Waals surface area contributed by atoms with Crippen LogP contribution in [0.1, 0.15) is 18.4 Å². The number of carbonyl (C=O) groups is 2. The molecule has 1 aromatic carbocycles. The van der Waals surface area contributed by atoms with Gasteiger partial charge >= 0.3 is 0 Å². The van der Waals surface area contributed by atoms with E-state index in [1.165, 1.54) is 0 Å². The van der Waals surface area contributed by atoms with Crippen LogP contribution in [0.25, 0.3) is 0 Å². The fourth-order valence-electron chi connectivity index (χ4n) is 2.26. The normalized spacial score (nSPS) is 13.6. The van der Waals surface area contributed by atoms with Crippen LogP contribution in [0.5, 0.6) is 0 Å². The van der Waals surface area contributed by atoms with E-state index in [9.17, 15) is 9.59 Å². The van der Waals surface area contributed by atoms with Gasteiger partial charge in [0, 0.05) is 38.4 Å². The molecule has 0 unspecified atom stereocenters. The van der Waals surface area contributed by atoms with Crippen molar-refractivity contribution < 1.29 is 9.59 Å². The van der Waals surface area contributed by atoms with Gasteiger partial charge in [-0.05, 0) is 30.2 Å². The van der Waals surface area contributed by atoms with E-state index in [0.29, 0.717) is 31.5 Å². The van der Waals surface area contributed by atoms with Crippen LogP contribution < -0.4 is 10.6 Å². The SMILES string of the molecule is CN(C)C(=O)CCCN1C(=O)Cc2cc(N)ccc21. The summed E-state index contributed by atoms with van der Waals surface area (Å²) in [6, 6.07) is 5.52. The maximum Gasteiger partial charge on any atom is 0.231 e. The van der Waals surface area contributed by atoms with Crippen LogP contribution in [0.15, 0.2) is 18.2 Å². The molecule has 0 fully saturated rings. The Morgan fingerprint density at radius 2 is 2.16 bits per heavy atom. The predicted molar refractivity (Wildman–Crippen MR) is 74.8 cm³/mol. The highest BCUT2D eigenvalue weighted by molar-refractivity contribution is 6.01. The Morgan fingerprint density at radius 1 is 1.42 bits per heavy atom. The van der Waals surface area contributed by atoms with Gasteiger partial charge in [-0.1, -0.05) is 0 Å². The molecule has 0 atom stereocenters. The first kappa shape index (κ1) is 13.4. The topological polar surface area (TPSA) is 66.6 Å². The third kappa shape index (κ3) is 2.86. The molecule has 2 N–H and O–H groups in total. The summed E-state index contributed by atoms with van der Waals surface area (Å²) in [5.41, 5.74) is 8.30. The third-order valence-electron chi connectivity index (χ3n) is 3.31. The molecule has 1 aliphatic heterocycles. The lowest BCUT2D eigenvalue weighted by atomic mass is 10.1. The average molecular weight is 261 g/mol. The van der Waals surface area contributed by atoms with E-state index in [-0.39, 0.29) is 11.8 Å². The second-order valence-corrected chi connectivity index (χ2v) is 5.00. The molecular formula is C14H19N3O2. The van der Waals surface area contributed by atoms with Gasteiger partial charge in [0.25, 0.3) is 0 Å². The van der Waals surface area contributed by atoms with Crippen molar-refractivity contribution >= 4 is 23.2 Å². The van der Waals surface area contributed by atoms with Crippen molar-refractivity contribution in [2.24, 2.45) is 0 Å². The van der Waals surface area contributed by atoms with Gasteiger partial charge in [0.1, 0.15) is 0 Å². The van der Waals surface area contributed by atoms with Gasteiger partial charge in [0.2, 0.25) is 11.8 Å². The number of hydrogen-bond donors (Lipinski definition) is 1. The van der Waals surface area contributed by atoms with Gasteiger partial charge < -0.3 is 15.5 Å². The zero-order chi connectivity index (χ0) is 14.0. The molecular weight excluding hydrogens is 242 g/mol. The van der Waals surface area contributed by atoms with E-state index in [1.54, 1.807) is 30.0 Å². The van der Waals surface area contributed by atoms with E-state index >= 15 is 0 Å². The summed E-state index contributed by atoms with van der Waals surface area (Å²) in [6.07, 6.45) is 1.54. The Hall–Kier alpha value is -2.04. The molecule has 0 aliphatic carbocycles. The lowest BCUT2D eigenvalue weighted by Gasteiger charge is -2.18. The number of fused-ring (bicyclic) bond motifs is 1. The summed E-state index contributed by atoms with van der Waals surface area (Å²) in [7, 11) is 3.48. The first-order valence-electron chi connectivity index (χ1n) is 6.38. The van der Waals surface area contributed by atoms with Crippen LogP contribution in [0.2, 0.25) is 0 Å². The molecule has 2 amide bonds. The fourth-order valence-corrected chi connectivity index (χ4v) is 2.26. The van der Waals surface area contributed by atoms with Crippen molar-refractivity contribution in [1.29, 1.82) is 0 Å². The van der Waals surface area contributed by atoms with Crippen molar-refractivity contribution in [1.82, 2.24) is 4.90 Å². The van der Waals surface area contributed by atoms with Crippen LogP contribution in [0.3, 0.4) is 0 Å². The summed E-state index contributed by atoms with van der Waals surface area (Å²) in [5, 5.41) is 0. The molecule has 1 aliphatic rings. The van der Waals surface area contributed by atoms with Crippen LogP contribution in [-0.4, -0.2) is 37.4 Å². The Bertz CT molecular complexity index is 511. The lowest BCUT2D eigenvalue weighted by molar-refractivity contribution is -0.128. The largest absolute Gasteiger partial charge is 0.399 e. The highest BCUT2D eigenvalue weighted by atomic mass is 16.2. The fraction of sp³-hybridized carbons (Fsp3) is 0.429. The van der Waals surface area contributed by atoms with E-state index in [2.05, 4.69) is 0 Å². The van der Waals surface area contributed by atoms with Crippen LogP contribution >= 0.6 is 0 Å². The Labute approximate surface area is 113 Å². The molecule has 19 heavy (non-hydrogen) atoms. The standard InChI is InChI=1S/C14H19N3O2/c1-16(2)13(18)4-3-7-17-12-6-5-11(15)8-10(12)9-14(17)19/h5-6,8H,3-4,7,9,15H2,1-2H3. The molecule has 0 bridgehead atoms. The zero-order valence-corrected chi connectivity index (χ0v) is 11.3. The van der Waals surface area contributed by atoms with E-state index in [4.69, 9.17) is 5.73 Å². The molecule has 102 valence electrons. The first-order chi connectivity index (χ1) is 8.99. The lowest BCUT2D eigenvalue weighted by Crippen LogP contribution is -2.29. The summed E-state index contributed by atoms with van der Waals surface area (Å²) in [6.45, 7) is 0.579. The molecule has 0 saturated carbocycles.